The second-order valence-electron chi connectivity index (χ2n) is 12.7. The number of esters is 1. The summed E-state index contributed by atoms with van der Waals surface area (Å²) in [7, 11) is 3.20. The highest BCUT2D eigenvalue weighted by atomic mass is 16.5. The van der Waals surface area contributed by atoms with E-state index in [1.165, 1.54) is 6.07 Å². The summed E-state index contributed by atoms with van der Waals surface area (Å²) >= 11 is 0. The second-order valence-corrected chi connectivity index (χ2v) is 12.7. The molecule has 0 spiro atoms. The molecule has 0 aliphatic carbocycles. The Morgan fingerprint density at radius 1 is 0.809 bits per heavy atom. The molecule has 252 valence electrons. The molecule has 9 nitrogen and oxygen atoms in total. The van der Waals surface area contributed by atoms with E-state index in [2.05, 4.69) is 17.6 Å². The number of imide groups is 1. The summed E-state index contributed by atoms with van der Waals surface area (Å²) in [6.07, 6.45) is 3.89. The minimum Gasteiger partial charge on any atom is -0.497 e. The molecule has 3 aromatic carbocycles. The Kier molecular flexibility index (Phi) is 14.0. The first-order valence-electron chi connectivity index (χ1n) is 16.1. The molecule has 0 aromatic heterocycles. The topological polar surface area (TPSA) is 120 Å². The van der Waals surface area contributed by atoms with E-state index >= 15 is 0 Å². The van der Waals surface area contributed by atoms with Crippen LogP contribution in [0.2, 0.25) is 0 Å². The number of rotatable bonds is 16. The van der Waals surface area contributed by atoms with Crippen LogP contribution in [-0.2, 0) is 25.7 Å². The van der Waals surface area contributed by atoms with Crippen molar-refractivity contribution in [3.8, 4) is 11.5 Å². The lowest BCUT2D eigenvalue weighted by Gasteiger charge is -2.28. The fraction of sp³-hybridized carbons (Fsp3) is 0.421. The van der Waals surface area contributed by atoms with Crippen LogP contribution in [0.3, 0.4) is 0 Å². The van der Waals surface area contributed by atoms with E-state index < -0.39 is 29.1 Å². The molecule has 47 heavy (non-hydrogen) atoms. The number of benzene rings is 3. The average Bonchev–Trinajstić information content (AvgIpc) is 3.05. The Morgan fingerprint density at radius 2 is 1.55 bits per heavy atom. The van der Waals surface area contributed by atoms with Gasteiger partial charge in [-0.2, -0.15) is 0 Å². The summed E-state index contributed by atoms with van der Waals surface area (Å²) in [6, 6.07) is 21.3. The van der Waals surface area contributed by atoms with E-state index in [0.29, 0.717) is 17.2 Å². The summed E-state index contributed by atoms with van der Waals surface area (Å²) in [5.41, 5.74) is 1.83. The molecule has 0 saturated carbocycles. The molecule has 0 bridgehead atoms. The van der Waals surface area contributed by atoms with Gasteiger partial charge in [-0.25, -0.2) is 0 Å². The van der Waals surface area contributed by atoms with E-state index in [4.69, 9.17) is 14.2 Å². The van der Waals surface area contributed by atoms with E-state index in [1.807, 2.05) is 69.3 Å². The van der Waals surface area contributed by atoms with Crippen molar-refractivity contribution >= 4 is 29.4 Å². The van der Waals surface area contributed by atoms with Gasteiger partial charge in [0, 0.05) is 30.2 Å². The molecular weight excluding hydrogens is 596 g/mol. The lowest BCUT2D eigenvalue weighted by Crippen LogP contribution is -2.38. The Bertz CT molecular complexity index is 1500. The van der Waals surface area contributed by atoms with Gasteiger partial charge in [0.05, 0.1) is 20.1 Å². The molecular formula is C38H48N2O7. The maximum Gasteiger partial charge on any atom is 0.310 e. The molecule has 0 fully saturated rings. The maximum atomic E-state index is 13.3. The fourth-order valence-corrected chi connectivity index (χ4v) is 5.35. The Balaban J connectivity index is 1.64. The van der Waals surface area contributed by atoms with Gasteiger partial charge in [-0.1, -0.05) is 89.4 Å². The highest BCUT2D eigenvalue weighted by molar-refractivity contribution is 6.06. The van der Waals surface area contributed by atoms with E-state index in [1.54, 1.807) is 32.4 Å². The van der Waals surface area contributed by atoms with Crippen molar-refractivity contribution < 1.29 is 33.4 Å². The summed E-state index contributed by atoms with van der Waals surface area (Å²) in [4.78, 5) is 52.2. The number of nitrogens with one attached hydrogen (secondary N) is 2. The van der Waals surface area contributed by atoms with Crippen molar-refractivity contribution in [2.75, 3.05) is 19.5 Å². The second kappa shape index (κ2) is 17.9. The van der Waals surface area contributed by atoms with Crippen molar-refractivity contribution in [1.82, 2.24) is 5.32 Å². The van der Waals surface area contributed by atoms with Gasteiger partial charge in [-0.15, -0.1) is 0 Å². The normalized spacial score (nSPS) is 12.4. The summed E-state index contributed by atoms with van der Waals surface area (Å²) in [6.45, 7) is 7.78. The van der Waals surface area contributed by atoms with Gasteiger partial charge >= 0.3 is 5.97 Å². The van der Waals surface area contributed by atoms with E-state index in [-0.39, 0.29) is 36.8 Å². The molecule has 2 unspecified atom stereocenters. The largest absolute Gasteiger partial charge is 0.497 e. The third-order valence-electron chi connectivity index (χ3n) is 8.07. The van der Waals surface area contributed by atoms with Crippen LogP contribution in [0.5, 0.6) is 11.5 Å². The van der Waals surface area contributed by atoms with Crippen LogP contribution in [-0.4, -0.2) is 37.9 Å². The summed E-state index contributed by atoms with van der Waals surface area (Å²) < 4.78 is 16.5. The predicted octanol–water partition coefficient (Wildman–Crippen LogP) is 7.45. The number of hydrogen-bond donors (Lipinski definition) is 2. The lowest BCUT2D eigenvalue weighted by atomic mass is 9.78. The molecule has 2 N–H and O–H groups in total. The van der Waals surface area contributed by atoms with Gasteiger partial charge in [0.1, 0.15) is 18.1 Å². The number of carbonyl (C=O) groups is 4. The quantitative estimate of drug-likeness (QED) is 0.123. The molecule has 0 radical (unpaired) electrons. The smallest absolute Gasteiger partial charge is 0.310 e. The lowest BCUT2D eigenvalue weighted by molar-refractivity contribution is -0.155. The number of amides is 3. The Morgan fingerprint density at radius 3 is 2.21 bits per heavy atom. The molecule has 0 aliphatic rings. The van der Waals surface area contributed by atoms with Crippen molar-refractivity contribution in [1.29, 1.82) is 0 Å². The van der Waals surface area contributed by atoms with Gasteiger partial charge in [-0.3, -0.25) is 24.5 Å². The SMILES string of the molecule is CCCCCC(CC(=O)Nc1cccc(C(=O)NC(=O)CC(C(=O)OCc2ccccc2)C(C)(C)C)c1)c1ccc(OC)cc1OC. The van der Waals surface area contributed by atoms with Crippen LogP contribution in [0, 0.1) is 11.3 Å². The van der Waals surface area contributed by atoms with Crippen LogP contribution < -0.4 is 20.1 Å². The third kappa shape index (κ3) is 11.6. The first kappa shape index (κ1) is 36.8. The monoisotopic (exact) mass is 644 g/mol. The van der Waals surface area contributed by atoms with E-state index in [9.17, 15) is 19.2 Å². The molecule has 0 aliphatic heterocycles. The maximum absolute atomic E-state index is 13.3. The van der Waals surface area contributed by atoms with Gasteiger partial charge in [-0.05, 0) is 53.1 Å². The summed E-state index contributed by atoms with van der Waals surface area (Å²) in [5, 5.41) is 5.30. The number of methoxy groups -OCH3 is 2. The van der Waals surface area contributed by atoms with Crippen LogP contribution in [0.25, 0.3) is 0 Å². The average molecular weight is 645 g/mol. The molecule has 0 saturated heterocycles. The molecule has 3 amide bonds. The van der Waals surface area contributed by atoms with Gasteiger partial charge in [0.25, 0.3) is 5.91 Å². The van der Waals surface area contributed by atoms with Crippen LogP contribution >= 0.6 is 0 Å². The number of ether oxygens (including phenoxy) is 3. The third-order valence-corrected chi connectivity index (χ3v) is 8.07. The number of hydrogen-bond acceptors (Lipinski definition) is 7. The summed E-state index contributed by atoms with van der Waals surface area (Å²) in [5.74, 6) is -1.44. The Labute approximate surface area is 278 Å². The minimum atomic E-state index is -0.765. The molecule has 3 rings (SSSR count). The van der Waals surface area contributed by atoms with E-state index in [0.717, 1.165) is 36.8 Å². The van der Waals surface area contributed by atoms with Gasteiger partial charge in [0.2, 0.25) is 11.8 Å². The first-order valence-corrected chi connectivity index (χ1v) is 16.1. The zero-order chi connectivity index (χ0) is 34.4. The number of unbranched alkanes of at least 4 members (excludes halogenated alkanes) is 2. The standard InChI is InChI=1S/C38H48N2O7/c1-7-8-10-16-27(31-20-19-30(45-5)23-33(31)46-6)22-34(41)39-29-18-13-17-28(21-29)36(43)40-35(42)24-32(38(2,3)4)37(44)47-25-26-14-11-9-12-15-26/h9,11-15,17-21,23,27,32H,7-8,10,16,22,24-25H2,1-6H3,(H,39,41)(H,40,42,43). The van der Waals surface area contributed by atoms with Gasteiger partial charge < -0.3 is 19.5 Å². The molecule has 0 heterocycles. The van der Waals surface area contributed by atoms with Crippen molar-refractivity contribution in [2.24, 2.45) is 11.3 Å². The van der Waals surface area contributed by atoms with Crippen LogP contribution in [0.15, 0.2) is 72.8 Å². The Hall–Kier alpha value is -4.66. The fourth-order valence-electron chi connectivity index (χ4n) is 5.35. The highest BCUT2D eigenvalue weighted by Gasteiger charge is 2.35. The van der Waals surface area contributed by atoms with Crippen molar-refractivity contribution in [3.63, 3.8) is 0 Å². The predicted molar refractivity (Wildman–Crippen MR) is 182 cm³/mol. The molecule has 9 heteroatoms. The minimum absolute atomic E-state index is 0.0818. The first-order chi connectivity index (χ1) is 22.4. The number of carbonyl (C=O) groups excluding carboxylic acids is 4. The van der Waals surface area contributed by atoms with Gasteiger partial charge in [0.15, 0.2) is 0 Å². The number of anilines is 1. The van der Waals surface area contributed by atoms with Crippen LogP contribution in [0.1, 0.15) is 93.6 Å². The van der Waals surface area contributed by atoms with Crippen molar-refractivity contribution in [2.45, 2.75) is 78.7 Å². The highest BCUT2D eigenvalue weighted by Crippen LogP contribution is 2.36. The van der Waals surface area contributed by atoms with Crippen molar-refractivity contribution in [3.05, 3.63) is 89.5 Å². The zero-order valence-corrected chi connectivity index (χ0v) is 28.4. The van der Waals surface area contributed by atoms with Crippen LogP contribution in [0.4, 0.5) is 5.69 Å². The zero-order valence-electron chi connectivity index (χ0n) is 28.4. The molecule has 2 atom stereocenters. The molecule has 3 aromatic rings.